The number of piperazine rings is 1. The zero-order valence-electron chi connectivity index (χ0n) is 13.3. The van der Waals surface area contributed by atoms with E-state index in [0.29, 0.717) is 0 Å². The quantitative estimate of drug-likeness (QED) is 0.650. The van der Waals surface area contributed by atoms with Gasteiger partial charge in [0.25, 0.3) is 0 Å². The zero-order chi connectivity index (χ0) is 14.0. The monoisotopic (exact) mass is 252 g/mol. The van der Waals surface area contributed by atoms with E-state index in [1.807, 2.05) is 13.8 Å². The summed E-state index contributed by atoms with van der Waals surface area (Å²) in [5.74, 6) is 0. The van der Waals surface area contributed by atoms with E-state index in [1.165, 1.54) is 44.6 Å². The topological polar surface area (TPSA) is 6.48 Å². The molecule has 0 radical (unpaired) electrons. The second kappa shape index (κ2) is 10.3. The van der Waals surface area contributed by atoms with Crippen molar-refractivity contribution in [3.05, 3.63) is 23.3 Å². The lowest BCUT2D eigenvalue weighted by Crippen LogP contribution is -2.42. The molecule has 0 atom stereocenters. The average Bonchev–Trinajstić information content (AvgIpc) is 2.40. The van der Waals surface area contributed by atoms with Crippen molar-refractivity contribution in [2.45, 2.75) is 40.5 Å². The highest BCUT2D eigenvalue weighted by Crippen LogP contribution is 2.16. The van der Waals surface area contributed by atoms with Gasteiger partial charge in [0, 0.05) is 26.2 Å². The van der Waals surface area contributed by atoms with Gasteiger partial charge in [-0.2, -0.15) is 0 Å². The summed E-state index contributed by atoms with van der Waals surface area (Å²) in [6, 6.07) is 0. The molecular formula is C16H32N2. The Balaban J connectivity index is 0.000000283. The Morgan fingerprint density at radius 1 is 0.889 bits per heavy atom. The molecule has 0 aromatic carbocycles. The molecule has 106 valence electrons. The van der Waals surface area contributed by atoms with Crippen molar-refractivity contribution in [3.63, 3.8) is 0 Å². The number of likely N-dealkylation sites (N-methyl/N-ethyl adjacent to an activating group) is 2. The molecule has 0 bridgehead atoms. The average molecular weight is 252 g/mol. The summed E-state index contributed by atoms with van der Waals surface area (Å²) < 4.78 is 0. The van der Waals surface area contributed by atoms with E-state index in [1.54, 1.807) is 5.57 Å². The van der Waals surface area contributed by atoms with Crippen LogP contribution in [-0.4, -0.2) is 50.1 Å². The minimum Gasteiger partial charge on any atom is -0.304 e. The molecule has 0 unspecified atom stereocenters. The van der Waals surface area contributed by atoms with Crippen molar-refractivity contribution < 1.29 is 0 Å². The van der Waals surface area contributed by atoms with Crippen molar-refractivity contribution in [2.75, 3.05) is 40.3 Å². The lowest BCUT2D eigenvalue weighted by Gasteiger charge is -2.28. The predicted octanol–water partition coefficient (Wildman–Crippen LogP) is 3.56. The third-order valence-electron chi connectivity index (χ3n) is 3.45. The Morgan fingerprint density at radius 2 is 1.33 bits per heavy atom. The van der Waals surface area contributed by atoms with Gasteiger partial charge in [-0.05, 0) is 40.8 Å². The van der Waals surface area contributed by atoms with E-state index in [2.05, 4.69) is 49.9 Å². The smallest absolute Gasteiger partial charge is 0.0107 e. The second-order valence-electron chi connectivity index (χ2n) is 5.01. The predicted molar refractivity (Wildman–Crippen MR) is 83.1 cm³/mol. The highest BCUT2D eigenvalue weighted by atomic mass is 15.2. The van der Waals surface area contributed by atoms with Crippen molar-refractivity contribution in [3.8, 4) is 0 Å². The summed E-state index contributed by atoms with van der Waals surface area (Å²) in [6.45, 7) is 13.3. The number of nitrogens with zero attached hydrogens (tertiary/aromatic N) is 2. The summed E-state index contributed by atoms with van der Waals surface area (Å²) in [7, 11) is 4.35. The van der Waals surface area contributed by atoms with Gasteiger partial charge in [-0.25, -0.2) is 0 Å². The molecule has 1 saturated heterocycles. The maximum absolute atomic E-state index is 2.36. The van der Waals surface area contributed by atoms with Gasteiger partial charge in [0.15, 0.2) is 0 Å². The first kappa shape index (κ1) is 17.4. The van der Waals surface area contributed by atoms with Crippen LogP contribution in [0, 0.1) is 0 Å². The van der Waals surface area contributed by atoms with Crippen LogP contribution in [0.3, 0.4) is 0 Å². The Labute approximate surface area is 114 Å². The van der Waals surface area contributed by atoms with Crippen LogP contribution in [0.4, 0.5) is 0 Å². The van der Waals surface area contributed by atoms with Crippen LogP contribution in [0.5, 0.6) is 0 Å². The van der Waals surface area contributed by atoms with Crippen molar-refractivity contribution in [2.24, 2.45) is 0 Å². The van der Waals surface area contributed by atoms with Gasteiger partial charge >= 0.3 is 0 Å². The first-order chi connectivity index (χ1) is 8.59. The van der Waals surface area contributed by atoms with E-state index >= 15 is 0 Å². The van der Waals surface area contributed by atoms with E-state index in [-0.39, 0.29) is 0 Å². The third kappa shape index (κ3) is 7.67. The summed E-state index contributed by atoms with van der Waals surface area (Å²) in [6.07, 6.45) is 6.95. The van der Waals surface area contributed by atoms with Crippen LogP contribution in [0.1, 0.15) is 40.5 Å². The molecule has 0 N–H and O–H groups in total. The fourth-order valence-electron chi connectivity index (χ4n) is 1.81. The Kier molecular flexibility index (Phi) is 9.99. The summed E-state index contributed by atoms with van der Waals surface area (Å²) >= 11 is 0. The Bertz CT molecular complexity index is 248. The molecule has 0 saturated carbocycles. The van der Waals surface area contributed by atoms with Gasteiger partial charge < -0.3 is 9.80 Å². The molecule has 0 aromatic heterocycles. The lowest BCUT2D eigenvalue weighted by atomic mass is 10.0. The molecule has 1 aliphatic carbocycles. The maximum Gasteiger partial charge on any atom is 0.0107 e. The largest absolute Gasteiger partial charge is 0.304 e. The van der Waals surface area contributed by atoms with Gasteiger partial charge in [0.1, 0.15) is 0 Å². The minimum absolute atomic E-state index is 1.23. The fraction of sp³-hybridized carbons (Fsp3) is 0.750. The highest BCUT2D eigenvalue weighted by molar-refractivity contribution is 5.25. The number of rotatable bonds is 0. The summed E-state index contributed by atoms with van der Waals surface area (Å²) in [5, 5.41) is 0. The second-order valence-corrected chi connectivity index (χ2v) is 5.01. The normalized spacial score (nSPS) is 20.8. The maximum atomic E-state index is 2.36. The molecule has 0 spiro atoms. The van der Waals surface area contributed by atoms with Crippen LogP contribution in [-0.2, 0) is 0 Å². The minimum atomic E-state index is 1.23. The zero-order valence-corrected chi connectivity index (χ0v) is 13.3. The molecule has 2 heteroatoms. The molecule has 2 aliphatic rings. The lowest BCUT2D eigenvalue weighted by molar-refractivity contribution is 0.181. The van der Waals surface area contributed by atoms with Crippen LogP contribution < -0.4 is 0 Å². The molecule has 1 fully saturated rings. The molecule has 2 rings (SSSR count). The third-order valence-corrected chi connectivity index (χ3v) is 3.45. The molecule has 0 aromatic rings. The van der Waals surface area contributed by atoms with Crippen LogP contribution >= 0.6 is 0 Å². The Hall–Kier alpha value is -0.600. The van der Waals surface area contributed by atoms with Gasteiger partial charge in [-0.15, -0.1) is 0 Å². The van der Waals surface area contributed by atoms with Crippen molar-refractivity contribution in [1.82, 2.24) is 9.80 Å². The fourth-order valence-corrected chi connectivity index (χ4v) is 1.81. The van der Waals surface area contributed by atoms with E-state index in [4.69, 9.17) is 0 Å². The molecule has 1 aliphatic heterocycles. The SMILES string of the molecule is CC.CC1=C(C)CCC=C1.CN1CCN(C)CC1. The van der Waals surface area contributed by atoms with Gasteiger partial charge in [0.2, 0.25) is 0 Å². The standard InChI is InChI=1S/C8H12.C6H14N2.C2H6/c1-7-5-3-4-6-8(7)2;1-7-3-5-8(2)6-4-7;1-2/h3,5H,4,6H2,1-2H3;3-6H2,1-2H3;1-2H3. The molecule has 18 heavy (non-hydrogen) atoms. The van der Waals surface area contributed by atoms with Crippen LogP contribution in [0.2, 0.25) is 0 Å². The molecular weight excluding hydrogens is 220 g/mol. The van der Waals surface area contributed by atoms with E-state index in [0.717, 1.165) is 0 Å². The summed E-state index contributed by atoms with van der Waals surface area (Å²) in [4.78, 5) is 4.72. The highest BCUT2D eigenvalue weighted by Gasteiger charge is 2.07. The van der Waals surface area contributed by atoms with E-state index < -0.39 is 0 Å². The van der Waals surface area contributed by atoms with Crippen molar-refractivity contribution >= 4 is 0 Å². The number of hydrogen-bond acceptors (Lipinski definition) is 2. The van der Waals surface area contributed by atoms with E-state index in [9.17, 15) is 0 Å². The summed E-state index contributed by atoms with van der Waals surface area (Å²) in [5.41, 5.74) is 3.00. The molecule has 0 amide bonds. The van der Waals surface area contributed by atoms with Gasteiger partial charge in [-0.1, -0.05) is 37.1 Å². The van der Waals surface area contributed by atoms with Gasteiger partial charge in [-0.3, -0.25) is 0 Å². The van der Waals surface area contributed by atoms with Crippen LogP contribution in [0.25, 0.3) is 0 Å². The number of allylic oxidation sites excluding steroid dienone is 4. The van der Waals surface area contributed by atoms with Crippen LogP contribution in [0.15, 0.2) is 23.3 Å². The molecule has 2 nitrogen and oxygen atoms in total. The van der Waals surface area contributed by atoms with Crippen molar-refractivity contribution in [1.29, 1.82) is 0 Å². The molecule has 1 heterocycles. The Morgan fingerprint density at radius 3 is 1.61 bits per heavy atom. The first-order valence-corrected chi connectivity index (χ1v) is 7.29. The first-order valence-electron chi connectivity index (χ1n) is 7.29. The van der Waals surface area contributed by atoms with Gasteiger partial charge in [0.05, 0.1) is 0 Å². The number of hydrogen-bond donors (Lipinski definition) is 0.